The Morgan fingerprint density at radius 1 is 1.10 bits per heavy atom. The summed E-state index contributed by atoms with van der Waals surface area (Å²) in [7, 11) is 0. The molecule has 0 aliphatic heterocycles. The van der Waals surface area contributed by atoms with Gasteiger partial charge < -0.3 is 9.47 Å². The lowest BCUT2D eigenvalue weighted by molar-refractivity contribution is -0.170. The molecule has 20 heavy (non-hydrogen) atoms. The summed E-state index contributed by atoms with van der Waals surface area (Å²) in [5, 5.41) is 0. The standard InChI is InChI=1S/C17H26O3/c18-16(17-10-8-14(12-17)9-11-17)20-13-19-15-6-4-2-1-3-5-7-15/h8,10,14-15H,1-7,9,11-13H2. The molecule has 0 aromatic carbocycles. The fourth-order valence-corrected chi connectivity index (χ4v) is 3.92. The van der Waals surface area contributed by atoms with Crippen LogP contribution >= 0.6 is 0 Å². The Morgan fingerprint density at radius 2 is 1.85 bits per heavy atom. The Bertz CT molecular complexity index is 368. The molecule has 2 saturated carbocycles. The smallest absolute Gasteiger partial charge is 0.318 e. The summed E-state index contributed by atoms with van der Waals surface area (Å²) in [6.45, 7) is 0.143. The fraction of sp³-hybridized carbons (Fsp3) is 0.824. The second-order valence-corrected chi connectivity index (χ2v) is 6.70. The SMILES string of the molecule is O=C(OCOC1CCCCCCC1)C12C=CC(CC1)C2. The minimum atomic E-state index is -0.311. The van der Waals surface area contributed by atoms with Gasteiger partial charge >= 0.3 is 5.97 Å². The van der Waals surface area contributed by atoms with Crippen LogP contribution in [0.25, 0.3) is 0 Å². The van der Waals surface area contributed by atoms with Crippen LogP contribution in [0.15, 0.2) is 12.2 Å². The van der Waals surface area contributed by atoms with E-state index in [0.29, 0.717) is 5.92 Å². The lowest BCUT2D eigenvalue weighted by Crippen LogP contribution is -2.29. The van der Waals surface area contributed by atoms with Crippen molar-refractivity contribution in [2.24, 2.45) is 11.3 Å². The number of ether oxygens (including phenoxy) is 2. The highest BCUT2D eigenvalue weighted by atomic mass is 16.7. The van der Waals surface area contributed by atoms with Gasteiger partial charge in [-0.25, -0.2) is 0 Å². The number of fused-ring (bicyclic) bond motifs is 2. The average Bonchev–Trinajstić information content (AvgIpc) is 3.02. The molecule has 0 saturated heterocycles. The van der Waals surface area contributed by atoms with E-state index in [1.54, 1.807) is 0 Å². The zero-order valence-corrected chi connectivity index (χ0v) is 12.3. The topological polar surface area (TPSA) is 35.5 Å². The second-order valence-electron chi connectivity index (χ2n) is 6.70. The van der Waals surface area contributed by atoms with Crippen LogP contribution in [0.3, 0.4) is 0 Å². The van der Waals surface area contributed by atoms with Gasteiger partial charge in [-0.2, -0.15) is 0 Å². The van der Waals surface area contributed by atoms with E-state index in [2.05, 4.69) is 12.2 Å². The van der Waals surface area contributed by atoms with Gasteiger partial charge in [-0.3, -0.25) is 4.79 Å². The first-order chi connectivity index (χ1) is 9.78. The molecule has 3 aliphatic rings. The van der Waals surface area contributed by atoms with E-state index >= 15 is 0 Å². The van der Waals surface area contributed by atoms with Crippen molar-refractivity contribution in [2.45, 2.75) is 70.3 Å². The predicted molar refractivity (Wildman–Crippen MR) is 77.1 cm³/mol. The largest absolute Gasteiger partial charge is 0.438 e. The third-order valence-corrected chi connectivity index (χ3v) is 5.23. The molecule has 0 aromatic heterocycles. The van der Waals surface area contributed by atoms with E-state index in [-0.39, 0.29) is 24.3 Å². The minimum absolute atomic E-state index is 0.0698. The lowest BCUT2D eigenvalue weighted by Gasteiger charge is -2.23. The van der Waals surface area contributed by atoms with Crippen molar-refractivity contribution >= 4 is 5.97 Å². The molecule has 0 radical (unpaired) electrons. The molecular formula is C17H26O3. The van der Waals surface area contributed by atoms with Crippen molar-refractivity contribution in [3.8, 4) is 0 Å². The summed E-state index contributed by atoms with van der Waals surface area (Å²) in [5.41, 5.74) is -0.311. The van der Waals surface area contributed by atoms with E-state index in [0.717, 1.165) is 32.1 Å². The molecule has 0 heterocycles. The first kappa shape index (κ1) is 14.1. The molecule has 3 rings (SSSR count). The van der Waals surface area contributed by atoms with Crippen LogP contribution in [-0.4, -0.2) is 18.9 Å². The zero-order valence-electron chi connectivity index (χ0n) is 12.3. The summed E-state index contributed by atoms with van der Waals surface area (Å²) < 4.78 is 11.2. The number of allylic oxidation sites excluding steroid dienone is 1. The highest BCUT2D eigenvalue weighted by Crippen LogP contribution is 2.49. The van der Waals surface area contributed by atoms with Gasteiger partial charge in [-0.05, 0) is 38.0 Å². The number of rotatable bonds is 4. The van der Waals surface area contributed by atoms with Crippen molar-refractivity contribution in [3.63, 3.8) is 0 Å². The Balaban J connectivity index is 1.41. The van der Waals surface area contributed by atoms with Gasteiger partial charge in [0.1, 0.15) is 0 Å². The molecule has 112 valence electrons. The van der Waals surface area contributed by atoms with Crippen molar-refractivity contribution in [3.05, 3.63) is 12.2 Å². The minimum Gasteiger partial charge on any atom is -0.438 e. The number of hydrogen-bond acceptors (Lipinski definition) is 3. The zero-order chi connectivity index (χ0) is 13.8. The van der Waals surface area contributed by atoms with Crippen LogP contribution in [0.1, 0.15) is 64.2 Å². The van der Waals surface area contributed by atoms with Crippen LogP contribution in [0.2, 0.25) is 0 Å². The first-order valence-electron chi connectivity index (χ1n) is 8.27. The summed E-state index contributed by atoms with van der Waals surface area (Å²) >= 11 is 0. The first-order valence-corrected chi connectivity index (χ1v) is 8.27. The quantitative estimate of drug-likeness (QED) is 0.443. The van der Waals surface area contributed by atoms with Crippen molar-refractivity contribution in [1.29, 1.82) is 0 Å². The summed E-state index contributed by atoms with van der Waals surface area (Å²) in [5.74, 6) is 0.536. The predicted octanol–water partition coefficient (Wildman–Crippen LogP) is 3.97. The maximum absolute atomic E-state index is 12.2. The van der Waals surface area contributed by atoms with Crippen LogP contribution in [-0.2, 0) is 14.3 Å². The summed E-state index contributed by atoms with van der Waals surface area (Å²) in [6.07, 6.45) is 16.3. The molecule has 2 unspecified atom stereocenters. The molecule has 0 spiro atoms. The van der Waals surface area contributed by atoms with Gasteiger partial charge in [-0.1, -0.05) is 44.3 Å². The van der Waals surface area contributed by atoms with E-state index in [4.69, 9.17) is 9.47 Å². The number of hydrogen-bond donors (Lipinski definition) is 0. The van der Waals surface area contributed by atoms with Crippen molar-refractivity contribution < 1.29 is 14.3 Å². The summed E-state index contributed by atoms with van der Waals surface area (Å²) in [4.78, 5) is 12.2. The Kier molecular flexibility index (Phi) is 4.45. The van der Waals surface area contributed by atoms with Gasteiger partial charge in [0, 0.05) is 0 Å². The third-order valence-electron chi connectivity index (χ3n) is 5.23. The Labute approximate surface area is 121 Å². The van der Waals surface area contributed by atoms with Crippen molar-refractivity contribution in [2.75, 3.05) is 6.79 Å². The average molecular weight is 278 g/mol. The van der Waals surface area contributed by atoms with Crippen LogP contribution in [0.4, 0.5) is 0 Å². The monoisotopic (exact) mass is 278 g/mol. The Hall–Kier alpha value is -0.830. The molecule has 0 amide bonds. The van der Waals surface area contributed by atoms with E-state index in [1.807, 2.05) is 0 Å². The fourth-order valence-electron chi connectivity index (χ4n) is 3.92. The van der Waals surface area contributed by atoms with Crippen LogP contribution < -0.4 is 0 Å². The lowest BCUT2D eigenvalue weighted by atomic mass is 9.88. The molecule has 0 N–H and O–H groups in total. The second kappa shape index (κ2) is 6.30. The van der Waals surface area contributed by atoms with Crippen LogP contribution in [0, 0.1) is 11.3 Å². The molecular weight excluding hydrogens is 252 g/mol. The number of carbonyl (C=O) groups excluding carboxylic acids is 1. The molecule has 2 atom stereocenters. The van der Waals surface area contributed by atoms with Gasteiger partial charge in [0.05, 0.1) is 11.5 Å². The summed E-state index contributed by atoms with van der Waals surface area (Å²) in [6, 6.07) is 0. The third kappa shape index (κ3) is 3.08. The highest BCUT2D eigenvalue weighted by Gasteiger charge is 2.47. The van der Waals surface area contributed by atoms with Crippen LogP contribution in [0.5, 0.6) is 0 Å². The maximum Gasteiger partial charge on any atom is 0.318 e. The van der Waals surface area contributed by atoms with Gasteiger partial charge in [0.2, 0.25) is 0 Å². The maximum atomic E-state index is 12.2. The molecule has 3 aliphatic carbocycles. The molecule has 2 bridgehead atoms. The van der Waals surface area contributed by atoms with Gasteiger partial charge in [0.25, 0.3) is 0 Å². The molecule has 2 fully saturated rings. The van der Waals surface area contributed by atoms with Crippen molar-refractivity contribution in [1.82, 2.24) is 0 Å². The van der Waals surface area contributed by atoms with Gasteiger partial charge in [-0.15, -0.1) is 0 Å². The van der Waals surface area contributed by atoms with E-state index in [1.165, 1.54) is 32.1 Å². The van der Waals surface area contributed by atoms with Gasteiger partial charge in [0.15, 0.2) is 6.79 Å². The number of esters is 1. The molecule has 3 heteroatoms. The van der Waals surface area contributed by atoms with E-state index in [9.17, 15) is 4.79 Å². The van der Waals surface area contributed by atoms with E-state index < -0.39 is 0 Å². The normalized spacial score (nSPS) is 33.9. The molecule has 0 aromatic rings. The Morgan fingerprint density at radius 3 is 2.45 bits per heavy atom. The molecule has 3 nitrogen and oxygen atoms in total. The highest BCUT2D eigenvalue weighted by molar-refractivity contribution is 5.80. The number of carbonyl (C=O) groups is 1.